The van der Waals surface area contributed by atoms with Crippen molar-refractivity contribution in [2.24, 2.45) is 0 Å². The number of benzene rings is 1. The second-order valence-corrected chi connectivity index (χ2v) is 6.82. The average Bonchev–Trinajstić information content (AvgIpc) is 3.07. The van der Waals surface area contributed by atoms with Gasteiger partial charge in [-0.2, -0.15) is 0 Å². The van der Waals surface area contributed by atoms with Gasteiger partial charge in [0, 0.05) is 25.3 Å². The summed E-state index contributed by atoms with van der Waals surface area (Å²) in [5, 5.41) is 2.97. The van der Waals surface area contributed by atoms with Crippen molar-refractivity contribution in [3.8, 4) is 0 Å². The molecule has 1 aliphatic heterocycles. The third-order valence-corrected chi connectivity index (χ3v) is 4.96. The van der Waals surface area contributed by atoms with Crippen LogP contribution in [0.1, 0.15) is 59.9 Å². The first-order valence-electron chi connectivity index (χ1n) is 9.26. The van der Waals surface area contributed by atoms with E-state index in [9.17, 15) is 9.59 Å². The van der Waals surface area contributed by atoms with Crippen LogP contribution < -0.4 is 10.2 Å². The van der Waals surface area contributed by atoms with Crippen LogP contribution in [0, 0.1) is 0 Å². The number of rotatable bonds is 5. The number of carbonyl (C=O) groups is 2. The van der Waals surface area contributed by atoms with Crippen LogP contribution in [-0.4, -0.2) is 34.5 Å². The lowest BCUT2D eigenvalue weighted by molar-refractivity contribution is 0.0933. The molecule has 0 saturated carbocycles. The highest BCUT2D eigenvalue weighted by molar-refractivity contribution is 6.05. The third-order valence-electron chi connectivity index (χ3n) is 4.96. The molecule has 1 N–H and O–H groups in total. The summed E-state index contributed by atoms with van der Waals surface area (Å²) < 4.78 is 1.93. The van der Waals surface area contributed by atoms with Gasteiger partial charge in [0.2, 0.25) is 5.82 Å². The van der Waals surface area contributed by atoms with Crippen molar-refractivity contribution < 1.29 is 9.59 Å². The largest absolute Gasteiger partial charge is 0.348 e. The summed E-state index contributed by atoms with van der Waals surface area (Å²) in [7, 11) is 1.74. The van der Waals surface area contributed by atoms with E-state index in [0.29, 0.717) is 11.5 Å². The van der Waals surface area contributed by atoms with Crippen LogP contribution in [0.3, 0.4) is 0 Å². The number of hydrogen-bond acceptors (Lipinski definition) is 3. The smallest absolute Gasteiger partial charge is 0.294 e. The quantitative estimate of drug-likeness (QED) is 0.897. The van der Waals surface area contributed by atoms with Gasteiger partial charge in [-0.3, -0.25) is 9.59 Å². The Kier molecular flexibility index (Phi) is 5.40. The first-order chi connectivity index (χ1) is 12.5. The highest BCUT2D eigenvalue weighted by atomic mass is 16.2. The van der Waals surface area contributed by atoms with Gasteiger partial charge in [0.25, 0.3) is 11.8 Å². The summed E-state index contributed by atoms with van der Waals surface area (Å²) in [5.74, 6) is -0.0336. The lowest BCUT2D eigenvalue weighted by Gasteiger charge is -2.20. The fraction of sp³-hybridized carbons (Fsp3) is 0.450. The molecule has 1 unspecified atom stereocenters. The van der Waals surface area contributed by atoms with Crippen LogP contribution in [0.25, 0.3) is 0 Å². The molecule has 2 heterocycles. The summed E-state index contributed by atoms with van der Waals surface area (Å²) in [4.78, 5) is 31.8. The van der Waals surface area contributed by atoms with Gasteiger partial charge in [0.05, 0.1) is 5.69 Å². The van der Waals surface area contributed by atoms with Crippen molar-refractivity contribution in [3.05, 3.63) is 47.5 Å². The molecule has 6 nitrogen and oxygen atoms in total. The van der Waals surface area contributed by atoms with Gasteiger partial charge in [0.1, 0.15) is 5.69 Å². The minimum absolute atomic E-state index is 0.0783. The second-order valence-electron chi connectivity index (χ2n) is 6.82. The lowest BCUT2D eigenvalue weighted by Crippen LogP contribution is -2.33. The van der Waals surface area contributed by atoms with Crippen molar-refractivity contribution >= 4 is 17.5 Å². The Balaban J connectivity index is 1.95. The number of anilines is 1. The Labute approximate surface area is 154 Å². The molecule has 1 aliphatic rings. The van der Waals surface area contributed by atoms with Gasteiger partial charge in [-0.15, -0.1) is 0 Å². The topological polar surface area (TPSA) is 67.2 Å². The summed E-state index contributed by atoms with van der Waals surface area (Å²) in [6, 6.07) is 9.55. The molecule has 0 bridgehead atoms. The Morgan fingerprint density at radius 1 is 1.27 bits per heavy atom. The molecule has 0 radical (unpaired) electrons. The van der Waals surface area contributed by atoms with Gasteiger partial charge < -0.3 is 14.8 Å². The maximum absolute atomic E-state index is 13.0. The Morgan fingerprint density at radius 2 is 2.00 bits per heavy atom. The van der Waals surface area contributed by atoms with Crippen LogP contribution in [0.2, 0.25) is 0 Å². The molecule has 0 fully saturated rings. The molecule has 1 aromatic heterocycles. The van der Waals surface area contributed by atoms with Crippen molar-refractivity contribution in [3.63, 3.8) is 0 Å². The number of imidazole rings is 1. The predicted octanol–water partition coefficient (Wildman–Crippen LogP) is 3.02. The van der Waals surface area contributed by atoms with Gasteiger partial charge >= 0.3 is 0 Å². The molecule has 26 heavy (non-hydrogen) atoms. The first-order valence-corrected chi connectivity index (χ1v) is 9.26. The summed E-state index contributed by atoms with van der Waals surface area (Å²) in [6.45, 7) is 4.72. The van der Waals surface area contributed by atoms with Crippen molar-refractivity contribution in [1.29, 1.82) is 0 Å². The molecular formula is C20H26N4O2. The van der Waals surface area contributed by atoms with Gasteiger partial charge in [-0.1, -0.05) is 25.1 Å². The highest BCUT2D eigenvalue weighted by Gasteiger charge is 2.29. The van der Waals surface area contributed by atoms with E-state index in [1.165, 1.54) is 0 Å². The summed E-state index contributed by atoms with van der Waals surface area (Å²) in [6.07, 6.45) is 3.63. The van der Waals surface area contributed by atoms with Gasteiger partial charge in [-0.05, 0) is 44.7 Å². The fourth-order valence-corrected chi connectivity index (χ4v) is 3.20. The van der Waals surface area contributed by atoms with E-state index in [1.807, 2.05) is 48.7 Å². The molecule has 2 aromatic rings. The van der Waals surface area contributed by atoms with E-state index in [1.54, 1.807) is 11.9 Å². The molecule has 1 aromatic carbocycles. The van der Waals surface area contributed by atoms with E-state index in [2.05, 4.69) is 10.3 Å². The Hall–Kier alpha value is -2.63. The SMILES string of the molecule is CCC(C)NC(=O)c1nc(C(=O)N(C)c2ccccc2)n2c1CCCC2. The zero-order valence-electron chi connectivity index (χ0n) is 15.7. The number of hydrogen-bond donors (Lipinski definition) is 1. The van der Waals surface area contributed by atoms with Crippen LogP contribution in [0.4, 0.5) is 5.69 Å². The average molecular weight is 354 g/mol. The normalized spacial score (nSPS) is 14.4. The van der Waals surface area contributed by atoms with Gasteiger partial charge in [0.15, 0.2) is 0 Å². The van der Waals surface area contributed by atoms with E-state index in [0.717, 1.165) is 43.6 Å². The van der Waals surface area contributed by atoms with Crippen molar-refractivity contribution in [1.82, 2.24) is 14.9 Å². The highest BCUT2D eigenvalue weighted by Crippen LogP contribution is 2.23. The monoisotopic (exact) mass is 354 g/mol. The number of fused-ring (bicyclic) bond motifs is 1. The number of amides is 2. The van der Waals surface area contributed by atoms with E-state index < -0.39 is 0 Å². The van der Waals surface area contributed by atoms with Crippen LogP contribution >= 0.6 is 0 Å². The van der Waals surface area contributed by atoms with Crippen molar-refractivity contribution in [2.75, 3.05) is 11.9 Å². The van der Waals surface area contributed by atoms with Crippen molar-refractivity contribution in [2.45, 2.75) is 52.1 Å². The Morgan fingerprint density at radius 3 is 2.69 bits per heavy atom. The van der Waals surface area contributed by atoms with Crippen LogP contribution in [0.5, 0.6) is 0 Å². The standard InChI is InChI=1S/C20H26N4O2/c1-4-14(2)21-19(25)17-16-12-8-9-13-24(16)18(22-17)20(26)23(3)15-10-6-5-7-11-15/h5-7,10-11,14H,4,8-9,12-13H2,1-3H3,(H,21,25). The van der Waals surface area contributed by atoms with E-state index in [-0.39, 0.29) is 17.9 Å². The zero-order valence-corrected chi connectivity index (χ0v) is 15.7. The first kappa shape index (κ1) is 18.2. The molecule has 3 rings (SSSR count). The molecule has 2 amide bonds. The lowest BCUT2D eigenvalue weighted by atomic mass is 10.1. The second kappa shape index (κ2) is 7.72. The zero-order chi connectivity index (χ0) is 18.7. The van der Waals surface area contributed by atoms with E-state index in [4.69, 9.17) is 0 Å². The number of para-hydroxylation sites is 1. The predicted molar refractivity (Wildman–Crippen MR) is 102 cm³/mol. The molecular weight excluding hydrogens is 328 g/mol. The molecule has 0 spiro atoms. The van der Waals surface area contributed by atoms with Crippen LogP contribution in [-0.2, 0) is 13.0 Å². The minimum atomic E-state index is -0.193. The number of nitrogens with one attached hydrogen (secondary N) is 1. The number of aromatic nitrogens is 2. The van der Waals surface area contributed by atoms with Gasteiger partial charge in [-0.25, -0.2) is 4.98 Å². The fourth-order valence-electron chi connectivity index (χ4n) is 3.20. The molecule has 6 heteroatoms. The number of nitrogens with zero attached hydrogens (tertiary/aromatic N) is 3. The molecule has 1 atom stereocenters. The summed E-state index contributed by atoms with van der Waals surface area (Å²) in [5.41, 5.74) is 2.08. The molecule has 0 saturated heterocycles. The minimum Gasteiger partial charge on any atom is -0.348 e. The Bertz CT molecular complexity index is 798. The van der Waals surface area contributed by atoms with E-state index >= 15 is 0 Å². The number of carbonyl (C=O) groups excluding carboxylic acids is 2. The van der Waals surface area contributed by atoms with Crippen LogP contribution in [0.15, 0.2) is 30.3 Å². The maximum Gasteiger partial charge on any atom is 0.294 e. The summed E-state index contributed by atoms with van der Waals surface area (Å²) >= 11 is 0. The third kappa shape index (κ3) is 3.49. The molecule has 0 aliphatic carbocycles. The maximum atomic E-state index is 13.0. The molecule has 138 valence electrons.